The summed E-state index contributed by atoms with van der Waals surface area (Å²) in [5.41, 5.74) is 0. The summed E-state index contributed by atoms with van der Waals surface area (Å²) in [5, 5.41) is 0. The van der Waals surface area contributed by atoms with Gasteiger partial charge in [-0.05, 0) is 30.9 Å². The van der Waals surface area contributed by atoms with Gasteiger partial charge in [0.25, 0.3) is 0 Å². The van der Waals surface area contributed by atoms with E-state index >= 15 is 0 Å². The lowest BCUT2D eigenvalue weighted by Gasteiger charge is -2.07. The van der Waals surface area contributed by atoms with Crippen molar-refractivity contribution in [1.82, 2.24) is 0 Å². The molecule has 0 spiro atoms. The van der Waals surface area contributed by atoms with E-state index in [-0.39, 0.29) is 0 Å². The molecule has 0 atom stereocenters. The van der Waals surface area contributed by atoms with Crippen LogP contribution in [0.5, 0.6) is 5.75 Å². The van der Waals surface area contributed by atoms with Crippen molar-refractivity contribution < 1.29 is 13.5 Å². The molecule has 0 bridgehead atoms. The fraction of sp³-hybridized carbons (Fsp3) is 0.500. The fourth-order valence-electron chi connectivity index (χ4n) is 1.25. The molecule has 0 amide bonds. The van der Waals surface area contributed by atoms with Gasteiger partial charge in [-0.3, -0.25) is 0 Å². The Morgan fingerprint density at radius 1 is 1.20 bits per heavy atom. The highest BCUT2D eigenvalue weighted by Crippen LogP contribution is 2.16. The first kappa shape index (κ1) is 12.0. The van der Waals surface area contributed by atoms with E-state index in [2.05, 4.69) is 13.8 Å². The molecular formula is C12H16F2O. The Kier molecular flexibility index (Phi) is 4.53. The van der Waals surface area contributed by atoms with E-state index in [1.807, 2.05) is 0 Å². The summed E-state index contributed by atoms with van der Waals surface area (Å²) in [6.07, 6.45) is 2.00. The Morgan fingerprint density at radius 2 is 1.93 bits per heavy atom. The summed E-state index contributed by atoms with van der Waals surface area (Å²) in [4.78, 5) is 0. The molecule has 1 rings (SSSR count). The van der Waals surface area contributed by atoms with Crippen molar-refractivity contribution >= 4 is 0 Å². The molecule has 1 aromatic rings. The molecule has 0 fully saturated rings. The fourth-order valence-corrected chi connectivity index (χ4v) is 1.25. The maximum atomic E-state index is 12.8. The van der Waals surface area contributed by atoms with Crippen molar-refractivity contribution in [3.8, 4) is 5.75 Å². The van der Waals surface area contributed by atoms with Crippen molar-refractivity contribution in [3.05, 3.63) is 29.8 Å². The highest BCUT2D eigenvalue weighted by Gasteiger charge is 2.03. The average molecular weight is 214 g/mol. The molecule has 3 heteroatoms. The van der Waals surface area contributed by atoms with E-state index in [4.69, 9.17) is 4.74 Å². The van der Waals surface area contributed by atoms with Crippen LogP contribution >= 0.6 is 0 Å². The molecule has 1 nitrogen and oxygen atoms in total. The van der Waals surface area contributed by atoms with Gasteiger partial charge >= 0.3 is 0 Å². The second kappa shape index (κ2) is 5.69. The first-order chi connectivity index (χ1) is 7.09. The summed E-state index contributed by atoms with van der Waals surface area (Å²) in [6.45, 7) is 4.82. The molecule has 0 N–H and O–H groups in total. The molecule has 0 aliphatic rings. The first-order valence-corrected chi connectivity index (χ1v) is 5.17. The van der Waals surface area contributed by atoms with Gasteiger partial charge in [-0.2, -0.15) is 0 Å². The Balaban J connectivity index is 2.35. The van der Waals surface area contributed by atoms with E-state index in [0.717, 1.165) is 25.0 Å². The van der Waals surface area contributed by atoms with E-state index < -0.39 is 11.6 Å². The summed E-state index contributed by atoms with van der Waals surface area (Å²) >= 11 is 0. The molecule has 0 unspecified atom stereocenters. The first-order valence-electron chi connectivity index (χ1n) is 5.17. The predicted octanol–water partition coefficient (Wildman–Crippen LogP) is 3.78. The van der Waals surface area contributed by atoms with Gasteiger partial charge in [0, 0.05) is 6.07 Å². The number of ether oxygens (including phenoxy) is 1. The molecule has 0 aliphatic carbocycles. The lowest BCUT2D eigenvalue weighted by atomic mass is 10.1. The van der Waals surface area contributed by atoms with E-state index in [1.54, 1.807) is 0 Å². The number of benzene rings is 1. The highest BCUT2D eigenvalue weighted by molar-refractivity contribution is 5.23. The lowest BCUT2D eigenvalue weighted by molar-refractivity contribution is 0.295. The Bertz CT molecular complexity index is 310. The largest absolute Gasteiger partial charge is 0.493 e. The number of halogens is 2. The molecule has 15 heavy (non-hydrogen) atoms. The third kappa shape index (κ3) is 4.28. The van der Waals surface area contributed by atoms with Crippen LogP contribution in [0.4, 0.5) is 8.78 Å². The molecule has 0 radical (unpaired) electrons. The van der Waals surface area contributed by atoms with Gasteiger partial charge in [-0.15, -0.1) is 0 Å². The summed E-state index contributed by atoms with van der Waals surface area (Å²) in [6, 6.07) is 3.59. The zero-order chi connectivity index (χ0) is 11.3. The average Bonchev–Trinajstić information content (AvgIpc) is 2.18. The van der Waals surface area contributed by atoms with Crippen LogP contribution in [0.15, 0.2) is 18.2 Å². The van der Waals surface area contributed by atoms with Crippen LogP contribution in [0.3, 0.4) is 0 Å². The van der Waals surface area contributed by atoms with Gasteiger partial charge < -0.3 is 4.74 Å². The topological polar surface area (TPSA) is 9.23 Å². The molecule has 0 saturated carbocycles. The Hall–Kier alpha value is -1.12. The van der Waals surface area contributed by atoms with Crippen molar-refractivity contribution in [2.24, 2.45) is 5.92 Å². The molecule has 0 aliphatic heterocycles. The van der Waals surface area contributed by atoms with Gasteiger partial charge in [0.05, 0.1) is 6.61 Å². The standard InChI is InChI=1S/C12H16F2O/c1-9(2)4-3-7-15-10-5-6-11(13)12(14)8-10/h5-6,8-9H,3-4,7H2,1-2H3. The quantitative estimate of drug-likeness (QED) is 0.678. The summed E-state index contributed by atoms with van der Waals surface area (Å²) in [5.74, 6) is -0.683. The van der Waals surface area contributed by atoms with Crippen molar-refractivity contribution in [3.63, 3.8) is 0 Å². The molecule has 0 saturated heterocycles. The third-order valence-electron chi connectivity index (χ3n) is 2.09. The summed E-state index contributed by atoms with van der Waals surface area (Å²) < 4.78 is 30.6. The zero-order valence-electron chi connectivity index (χ0n) is 9.09. The monoisotopic (exact) mass is 214 g/mol. The number of rotatable bonds is 5. The van der Waals surface area contributed by atoms with Crippen LogP contribution in [0, 0.1) is 17.6 Å². The van der Waals surface area contributed by atoms with E-state index in [1.165, 1.54) is 6.07 Å². The predicted molar refractivity (Wildman–Crippen MR) is 55.9 cm³/mol. The van der Waals surface area contributed by atoms with Crippen molar-refractivity contribution in [2.75, 3.05) is 6.61 Å². The molecular weight excluding hydrogens is 198 g/mol. The minimum Gasteiger partial charge on any atom is -0.493 e. The number of hydrogen-bond donors (Lipinski definition) is 0. The zero-order valence-corrected chi connectivity index (χ0v) is 9.09. The van der Waals surface area contributed by atoms with Gasteiger partial charge in [0.2, 0.25) is 0 Å². The SMILES string of the molecule is CC(C)CCCOc1ccc(F)c(F)c1. The highest BCUT2D eigenvalue weighted by atomic mass is 19.2. The maximum Gasteiger partial charge on any atom is 0.162 e. The van der Waals surface area contributed by atoms with Gasteiger partial charge in [0.15, 0.2) is 11.6 Å². The second-order valence-corrected chi connectivity index (χ2v) is 3.96. The third-order valence-corrected chi connectivity index (χ3v) is 2.09. The van der Waals surface area contributed by atoms with Crippen molar-refractivity contribution in [2.45, 2.75) is 26.7 Å². The molecule has 0 aromatic heterocycles. The van der Waals surface area contributed by atoms with Crippen LogP contribution in [0.2, 0.25) is 0 Å². The molecule has 1 aromatic carbocycles. The summed E-state index contributed by atoms with van der Waals surface area (Å²) in [7, 11) is 0. The van der Waals surface area contributed by atoms with Crippen LogP contribution in [0.25, 0.3) is 0 Å². The normalized spacial score (nSPS) is 10.7. The lowest BCUT2D eigenvalue weighted by Crippen LogP contribution is -2.00. The smallest absolute Gasteiger partial charge is 0.162 e. The van der Waals surface area contributed by atoms with Crippen LogP contribution in [0.1, 0.15) is 26.7 Å². The minimum absolute atomic E-state index is 0.387. The second-order valence-electron chi connectivity index (χ2n) is 3.96. The van der Waals surface area contributed by atoms with Crippen molar-refractivity contribution in [1.29, 1.82) is 0 Å². The van der Waals surface area contributed by atoms with E-state index in [0.29, 0.717) is 18.3 Å². The molecule has 84 valence electrons. The minimum atomic E-state index is -0.864. The van der Waals surface area contributed by atoms with Gasteiger partial charge in [-0.25, -0.2) is 8.78 Å². The van der Waals surface area contributed by atoms with Crippen LogP contribution in [-0.4, -0.2) is 6.61 Å². The van der Waals surface area contributed by atoms with Gasteiger partial charge in [0.1, 0.15) is 5.75 Å². The Morgan fingerprint density at radius 3 is 2.53 bits per heavy atom. The van der Waals surface area contributed by atoms with E-state index in [9.17, 15) is 8.78 Å². The van der Waals surface area contributed by atoms with Gasteiger partial charge in [-0.1, -0.05) is 13.8 Å². The molecule has 0 heterocycles. The maximum absolute atomic E-state index is 12.8. The number of hydrogen-bond acceptors (Lipinski definition) is 1. The van der Waals surface area contributed by atoms with Crippen LogP contribution < -0.4 is 4.74 Å². The van der Waals surface area contributed by atoms with Crippen LogP contribution in [-0.2, 0) is 0 Å². The Labute approximate surface area is 89.1 Å².